The summed E-state index contributed by atoms with van der Waals surface area (Å²) in [5.74, 6) is 0.382. The summed E-state index contributed by atoms with van der Waals surface area (Å²) < 4.78 is 17.8. The molecule has 0 atom stereocenters. The van der Waals surface area contributed by atoms with Crippen molar-refractivity contribution in [2.45, 2.75) is 47.1 Å². The molecule has 1 rings (SSSR count). The van der Waals surface area contributed by atoms with Crippen molar-refractivity contribution in [2.24, 2.45) is 5.92 Å². The van der Waals surface area contributed by atoms with E-state index in [4.69, 9.17) is 10.5 Å². The van der Waals surface area contributed by atoms with Gasteiger partial charge in [-0.15, -0.1) is 0 Å². The van der Waals surface area contributed by atoms with Gasteiger partial charge in [0.15, 0.2) is 0 Å². The Labute approximate surface area is 120 Å². The lowest BCUT2D eigenvalue weighted by Gasteiger charge is -2.20. The average molecular weight is 284 g/mol. The van der Waals surface area contributed by atoms with Crippen LogP contribution in [0.25, 0.3) is 0 Å². The van der Waals surface area contributed by atoms with Crippen LogP contribution in [0.5, 0.6) is 0 Å². The molecule has 0 aliphatic heterocycles. The molecule has 1 aromatic rings. The lowest BCUT2D eigenvalue weighted by Crippen LogP contribution is -2.27. The molecule has 0 aromatic heterocycles. The van der Waals surface area contributed by atoms with Crippen LogP contribution < -0.4 is 11.1 Å². The molecule has 114 valence electrons. The van der Waals surface area contributed by atoms with Crippen molar-refractivity contribution >= 4 is 17.5 Å². The predicted octanol–water partition coefficient (Wildman–Crippen LogP) is 4.42. The molecule has 0 saturated carbocycles. The predicted molar refractivity (Wildman–Crippen MR) is 81.2 cm³/mol. The second-order valence-electron chi connectivity index (χ2n) is 6.09. The molecule has 0 unspecified atom stereocenters. The highest BCUT2D eigenvalue weighted by molar-refractivity contribution is 5.89. The fourth-order valence-electron chi connectivity index (χ4n) is 1.06. The normalized spacial score (nSPS) is 10.6. The SMILES string of the molecule is CC(C)(C)OC(=O)Nc1ccc(F)cc1N.CC(C)C. The van der Waals surface area contributed by atoms with Gasteiger partial charge in [0.25, 0.3) is 0 Å². The summed E-state index contributed by atoms with van der Waals surface area (Å²) in [4.78, 5) is 11.4. The van der Waals surface area contributed by atoms with Crippen LogP contribution in [-0.4, -0.2) is 11.7 Å². The molecule has 20 heavy (non-hydrogen) atoms. The molecular formula is C15H25FN2O2. The molecule has 0 radical (unpaired) electrons. The smallest absolute Gasteiger partial charge is 0.412 e. The Morgan fingerprint density at radius 1 is 1.30 bits per heavy atom. The number of hydrogen-bond donors (Lipinski definition) is 2. The van der Waals surface area contributed by atoms with E-state index >= 15 is 0 Å². The number of rotatable bonds is 1. The first-order chi connectivity index (χ1) is 9.01. The van der Waals surface area contributed by atoms with E-state index in [-0.39, 0.29) is 5.69 Å². The highest BCUT2D eigenvalue weighted by Gasteiger charge is 2.16. The molecular weight excluding hydrogens is 259 g/mol. The van der Waals surface area contributed by atoms with Crippen molar-refractivity contribution in [1.29, 1.82) is 0 Å². The van der Waals surface area contributed by atoms with E-state index in [1.165, 1.54) is 12.1 Å². The maximum Gasteiger partial charge on any atom is 0.412 e. The summed E-state index contributed by atoms with van der Waals surface area (Å²) in [6.45, 7) is 11.8. The lowest BCUT2D eigenvalue weighted by atomic mass is 10.2. The molecule has 0 fully saturated rings. The number of carbonyl (C=O) groups is 1. The highest BCUT2D eigenvalue weighted by atomic mass is 19.1. The van der Waals surface area contributed by atoms with E-state index < -0.39 is 17.5 Å². The average Bonchev–Trinajstić information content (AvgIpc) is 2.18. The van der Waals surface area contributed by atoms with Crippen molar-refractivity contribution in [1.82, 2.24) is 0 Å². The van der Waals surface area contributed by atoms with E-state index in [2.05, 4.69) is 26.1 Å². The Morgan fingerprint density at radius 2 is 1.80 bits per heavy atom. The zero-order valence-electron chi connectivity index (χ0n) is 13.1. The first-order valence-electron chi connectivity index (χ1n) is 6.56. The van der Waals surface area contributed by atoms with Crippen molar-refractivity contribution in [3.05, 3.63) is 24.0 Å². The summed E-state index contributed by atoms with van der Waals surface area (Å²) in [5, 5.41) is 2.44. The van der Waals surface area contributed by atoms with Gasteiger partial charge in [-0.05, 0) is 44.9 Å². The third kappa shape index (κ3) is 9.19. The lowest BCUT2D eigenvalue weighted by molar-refractivity contribution is 0.0636. The van der Waals surface area contributed by atoms with E-state index in [1.807, 2.05) is 0 Å². The van der Waals surface area contributed by atoms with E-state index in [0.29, 0.717) is 5.69 Å². The maximum absolute atomic E-state index is 12.7. The molecule has 0 aliphatic carbocycles. The first-order valence-corrected chi connectivity index (χ1v) is 6.56. The number of nitrogens with one attached hydrogen (secondary N) is 1. The van der Waals surface area contributed by atoms with Crippen LogP contribution >= 0.6 is 0 Å². The van der Waals surface area contributed by atoms with Crippen molar-refractivity contribution in [3.8, 4) is 0 Å². The zero-order chi connectivity index (χ0) is 15.9. The van der Waals surface area contributed by atoms with Crippen molar-refractivity contribution in [2.75, 3.05) is 11.1 Å². The molecule has 1 amide bonds. The summed E-state index contributed by atoms with van der Waals surface area (Å²) in [6.07, 6.45) is -0.620. The van der Waals surface area contributed by atoms with Crippen LogP contribution in [0.15, 0.2) is 18.2 Å². The Kier molecular flexibility index (Phi) is 7.04. The number of nitrogen functional groups attached to an aromatic ring is 1. The summed E-state index contributed by atoms with van der Waals surface area (Å²) >= 11 is 0. The molecule has 1 aromatic carbocycles. The van der Waals surface area contributed by atoms with Gasteiger partial charge >= 0.3 is 6.09 Å². The summed E-state index contributed by atoms with van der Waals surface area (Å²) in [6, 6.07) is 3.73. The molecule has 0 aliphatic rings. The van der Waals surface area contributed by atoms with Gasteiger partial charge in [-0.1, -0.05) is 20.8 Å². The summed E-state index contributed by atoms with van der Waals surface area (Å²) in [5.41, 5.74) is 5.43. The number of halogens is 1. The Balaban J connectivity index is 0.000000796. The van der Waals surface area contributed by atoms with Gasteiger partial charge in [-0.3, -0.25) is 5.32 Å². The third-order valence-corrected chi connectivity index (χ3v) is 1.65. The van der Waals surface area contributed by atoms with E-state index in [0.717, 1.165) is 12.0 Å². The van der Waals surface area contributed by atoms with Crippen LogP contribution in [0.2, 0.25) is 0 Å². The molecule has 3 N–H and O–H groups in total. The number of amides is 1. The molecule has 0 bridgehead atoms. The van der Waals surface area contributed by atoms with Gasteiger partial charge in [0.1, 0.15) is 11.4 Å². The topological polar surface area (TPSA) is 64.3 Å². The van der Waals surface area contributed by atoms with Gasteiger partial charge < -0.3 is 10.5 Å². The fourth-order valence-corrected chi connectivity index (χ4v) is 1.06. The van der Waals surface area contributed by atoms with Crippen LogP contribution in [0.4, 0.5) is 20.6 Å². The third-order valence-electron chi connectivity index (χ3n) is 1.65. The standard InChI is InChI=1S/C11H15FN2O2.C4H10/c1-11(2,3)16-10(15)14-9-5-4-7(12)6-8(9)13;1-4(2)3/h4-6H,13H2,1-3H3,(H,14,15);4H,1-3H3. The van der Waals surface area contributed by atoms with Gasteiger partial charge in [-0.2, -0.15) is 0 Å². The number of hydrogen-bond acceptors (Lipinski definition) is 3. The second-order valence-corrected chi connectivity index (χ2v) is 6.09. The first kappa shape index (κ1) is 18.2. The molecule has 0 heterocycles. The number of ether oxygens (including phenoxy) is 1. The van der Waals surface area contributed by atoms with Crippen LogP contribution in [-0.2, 0) is 4.74 Å². The second kappa shape index (κ2) is 7.72. The maximum atomic E-state index is 12.7. The molecule has 0 spiro atoms. The highest BCUT2D eigenvalue weighted by Crippen LogP contribution is 2.20. The zero-order valence-corrected chi connectivity index (χ0v) is 13.1. The quantitative estimate of drug-likeness (QED) is 0.750. The largest absolute Gasteiger partial charge is 0.444 e. The Hall–Kier alpha value is -1.78. The van der Waals surface area contributed by atoms with Gasteiger partial charge in [0, 0.05) is 0 Å². The number of benzene rings is 1. The van der Waals surface area contributed by atoms with Gasteiger partial charge in [0.05, 0.1) is 11.4 Å². The Morgan fingerprint density at radius 3 is 2.20 bits per heavy atom. The van der Waals surface area contributed by atoms with E-state index in [9.17, 15) is 9.18 Å². The Bertz CT molecular complexity index is 437. The minimum atomic E-state index is -0.620. The number of carbonyl (C=O) groups excluding carboxylic acids is 1. The minimum Gasteiger partial charge on any atom is -0.444 e. The molecule has 5 heteroatoms. The molecule has 4 nitrogen and oxygen atoms in total. The number of nitrogens with two attached hydrogens (primary N) is 1. The van der Waals surface area contributed by atoms with Gasteiger partial charge in [-0.25, -0.2) is 9.18 Å². The monoisotopic (exact) mass is 284 g/mol. The minimum absolute atomic E-state index is 0.158. The van der Waals surface area contributed by atoms with Crippen LogP contribution in [0.3, 0.4) is 0 Å². The van der Waals surface area contributed by atoms with E-state index in [1.54, 1.807) is 20.8 Å². The fraction of sp³-hybridized carbons (Fsp3) is 0.533. The van der Waals surface area contributed by atoms with Crippen LogP contribution in [0, 0.1) is 11.7 Å². The molecule has 0 saturated heterocycles. The van der Waals surface area contributed by atoms with Crippen molar-refractivity contribution < 1.29 is 13.9 Å². The van der Waals surface area contributed by atoms with Crippen molar-refractivity contribution in [3.63, 3.8) is 0 Å². The van der Waals surface area contributed by atoms with Crippen LogP contribution in [0.1, 0.15) is 41.5 Å². The van der Waals surface area contributed by atoms with Gasteiger partial charge in [0.2, 0.25) is 0 Å². The summed E-state index contributed by atoms with van der Waals surface area (Å²) in [7, 11) is 0. The number of anilines is 2.